The molecule has 5 aromatic rings. The number of likely N-dealkylation sites (tertiary alicyclic amines) is 1. The van der Waals surface area contributed by atoms with Gasteiger partial charge in [-0.1, -0.05) is 29.8 Å². The lowest BCUT2D eigenvalue weighted by molar-refractivity contribution is 0.0700. The van der Waals surface area contributed by atoms with Crippen molar-refractivity contribution >= 4 is 45.4 Å². The van der Waals surface area contributed by atoms with Gasteiger partial charge >= 0.3 is 0 Å². The molecule has 4 N–H and O–H groups in total. The van der Waals surface area contributed by atoms with E-state index in [2.05, 4.69) is 33.4 Å². The molecule has 8 rings (SSSR count). The standard InChI is InChI=1S/C35H35ClN6O3/c1-40-32-26(12-23(15-30(32)45-2)35(44)42-17-22-8-10-27(42)31(22)37)39-34(40)29-14-21-6-5-20(13-28(21)41(29)16-18-3-4-18)19-7-9-24(33(38)43)25(36)11-19/h5-7,9,11-15,18,22,27,31H,3-4,8,10,16-17,37H2,1-2H3,(H2,38,43)/t22-,27-,31-/m1/s1. The number of aromatic nitrogens is 3. The number of ether oxygens (including phenoxy) is 1. The van der Waals surface area contributed by atoms with Crippen LogP contribution in [0.1, 0.15) is 46.4 Å². The first-order valence-electron chi connectivity index (χ1n) is 15.6. The molecule has 3 aromatic carbocycles. The van der Waals surface area contributed by atoms with Crippen molar-refractivity contribution in [1.29, 1.82) is 0 Å². The summed E-state index contributed by atoms with van der Waals surface area (Å²) in [5.41, 5.74) is 18.3. The van der Waals surface area contributed by atoms with E-state index in [1.165, 1.54) is 12.8 Å². The van der Waals surface area contributed by atoms with Crippen molar-refractivity contribution in [1.82, 2.24) is 19.0 Å². The maximum Gasteiger partial charge on any atom is 0.254 e. The van der Waals surface area contributed by atoms with Crippen LogP contribution >= 0.6 is 11.6 Å². The molecule has 3 aliphatic rings. The van der Waals surface area contributed by atoms with Crippen LogP contribution in [0.4, 0.5) is 0 Å². The van der Waals surface area contributed by atoms with Crippen LogP contribution in [0, 0.1) is 11.8 Å². The lowest BCUT2D eigenvalue weighted by Crippen LogP contribution is -2.41. The number of hydrogen-bond acceptors (Lipinski definition) is 5. The van der Waals surface area contributed by atoms with Gasteiger partial charge in [0.15, 0.2) is 5.82 Å². The predicted octanol–water partition coefficient (Wildman–Crippen LogP) is 5.59. The predicted molar refractivity (Wildman–Crippen MR) is 175 cm³/mol. The number of nitrogens with two attached hydrogens (primary N) is 2. The number of methoxy groups -OCH3 is 1. The lowest BCUT2D eigenvalue weighted by Gasteiger charge is -2.27. The maximum atomic E-state index is 13.7. The van der Waals surface area contributed by atoms with E-state index in [0.717, 1.165) is 64.0 Å². The number of carbonyl (C=O) groups excluding carboxylic acids is 2. The van der Waals surface area contributed by atoms with Gasteiger partial charge < -0.3 is 30.2 Å². The van der Waals surface area contributed by atoms with E-state index in [4.69, 9.17) is 32.8 Å². The van der Waals surface area contributed by atoms with E-state index >= 15 is 0 Å². The first kappa shape index (κ1) is 28.2. The second-order valence-electron chi connectivity index (χ2n) is 12.9. The molecule has 1 saturated heterocycles. The number of amides is 2. The quantitative estimate of drug-likeness (QED) is 0.245. The Kier molecular flexibility index (Phi) is 6.48. The summed E-state index contributed by atoms with van der Waals surface area (Å²) in [4.78, 5) is 32.5. The summed E-state index contributed by atoms with van der Waals surface area (Å²) in [5, 5.41) is 1.44. The van der Waals surface area contributed by atoms with Gasteiger partial charge in [-0.25, -0.2) is 4.98 Å². The number of rotatable bonds is 7. The first-order chi connectivity index (χ1) is 21.7. The van der Waals surface area contributed by atoms with Gasteiger partial charge in [0.1, 0.15) is 11.3 Å². The normalized spacial score (nSPS) is 20.9. The highest BCUT2D eigenvalue weighted by molar-refractivity contribution is 6.34. The molecular weight excluding hydrogens is 588 g/mol. The summed E-state index contributed by atoms with van der Waals surface area (Å²) in [5.74, 6) is 1.86. The van der Waals surface area contributed by atoms with E-state index < -0.39 is 5.91 Å². The summed E-state index contributed by atoms with van der Waals surface area (Å²) in [6.45, 7) is 1.59. The second-order valence-corrected chi connectivity index (χ2v) is 13.3. The molecule has 3 atom stereocenters. The van der Waals surface area contributed by atoms with Crippen LogP contribution in [0.25, 0.3) is 44.6 Å². The van der Waals surface area contributed by atoms with Crippen LogP contribution in [0.3, 0.4) is 0 Å². The average molecular weight is 623 g/mol. The Balaban J connectivity index is 1.23. The molecule has 0 unspecified atom stereocenters. The van der Waals surface area contributed by atoms with Crippen LogP contribution < -0.4 is 16.2 Å². The molecule has 0 spiro atoms. The van der Waals surface area contributed by atoms with E-state index in [0.29, 0.717) is 40.3 Å². The summed E-state index contributed by atoms with van der Waals surface area (Å²) in [6.07, 6.45) is 4.45. The molecule has 0 radical (unpaired) electrons. The third-order valence-corrected chi connectivity index (χ3v) is 10.5. The number of primary amides is 1. The molecule has 2 amide bonds. The van der Waals surface area contributed by atoms with Crippen molar-refractivity contribution in [2.75, 3.05) is 13.7 Å². The highest BCUT2D eigenvalue weighted by atomic mass is 35.5. The number of aryl methyl sites for hydroxylation is 1. The molecule has 2 saturated carbocycles. The topological polar surface area (TPSA) is 121 Å². The molecule has 2 aliphatic carbocycles. The Hall–Kier alpha value is -4.34. The molecule has 9 nitrogen and oxygen atoms in total. The number of carbonyl (C=O) groups is 2. The fourth-order valence-electron chi connectivity index (χ4n) is 7.54. The summed E-state index contributed by atoms with van der Waals surface area (Å²) < 4.78 is 10.3. The molecule has 10 heteroatoms. The van der Waals surface area contributed by atoms with Crippen LogP contribution in [-0.4, -0.2) is 56.6 Å². The van der Waals surface area contributed by atoms with Gasteiger partial charge in [-0.15, -0.1) is 0 Å². The van der Waals surface area contributed by atoms with E-state index in [-0.39, 0.29) is 18.0 Å². The number of hydrogen-bond donors (Lipinski definition) is 2. The Bertz CT molecular complexity index is 2040. The number of imidazole rings is 1. The minimum absolute atomic E-state index is 0.00982. The Morgan fingerprint density at radius 2 is 1.80 bits per heavy atom. The van der Waals surface area contributed by atoms with Crippen molar-refractivity contribution in [2.45, 2.75) is 44.3 Å². The SMILES string of the molecule is COc1cc(C(=O)N2C[C@H]3CC[C@@H]2[C@@H]3N)cc2nc(-c3cc4ccc(-c5ccc(C(N)=O)c(Cl)c5)cc4n3CC3CC3)n(C)c12. The van der Waals surface area contributed by atoms with Crippen molar-refractivity contribution < 1.29 is 14.3 Å². The zero-order chi connectivity index (χ0) is 31.1. The zero-order valence-corrected chi connectivity index (χ0v) is 26.1. The molecule has 45 heavy (non-hydrogen) atoms. The van der Waals surface area contributed by atoms with Crippen molar-refractivity contribution in [3.63, 3.8) is 0 Å². The number of fused-ring (bicyclic) bond motifs is 4. The minimum atomic E-state index is -0.548. The number of benzene rings is 3. The second kappa shape index (κ2) is 10.4. The van der Waals surface area contributed by atoms with E-state index in [1.54, 1.807) is 19.2 Å². The molecule has 230 valence electrons. The molecule has 3 heterocycles. The number of nitrogens with zero attached hydrogens (tertiary/aromatic N) is 4. The largest absolute Gasteiger partial charge is 0.494 e. The summed E-state index contributed by atoms with van der Waals surface area (Å²) in [6, 6.07) is 17.8. The number of halogens is 1. The lowest BCUT2D eigenvalue weighted by atomic mass is 10.0. The van der Waals surface area contributed by atoms with Gasteiger partial charge in [0.2, 0.25) is 5.91 Å². The summed E-state index contributed by atoms with van der Waals surface area (Å²) >= 11 is 6.40. The Morgan fingerprint density at radius 1 is 1.02 bits per heavy atom. The molecular formula is C35H35ClN6O3. The van der Waals surface area contributed by atoms with Crippen molar-refractivity contribution in [2.24, 2.45) is 30.4 Å². The molecule has 1 aliphatic heterocycles. The van der Waals surface area contributed by atoms with Crippen LogP contribution in [0.15, 0.2) is 54.6 Å². The Labute approximate surface area is 265 Å². The number of piperidine rings is 1. The Morgan fingerprint density at radius 3 is 2.47 bits per heavy atom. The summed E-state index contributed by atoms with van der Waals surface area (Å²) in [7, 11) is 3.64. The van der Waals surface area contributed by atoms with Gasteiger partial charge in [-0.05, 0) is 85.0 Å². The molecule has 2 aromatic heterocycles. The van der Waals surface area contributed by atoms with Crippen LogP contribution in [0.5, 0.6) is 5.75 Å². The van der Waals surface area contributed by atoms with Crippen molar-refractivity contribution in [3.8, 4) is 28.4 Å². The fraction of sp³-hybridized carbons (Fsp3) is 0.343. The highest BCUT2D eigenvalue weighted by Gasteiger charge is 2.47. The average Bonchev–Trinajstić information content (AvgIpc) is 3.44. The monoisotopic (exact) mass is 622 g/mol. The smallest absolute Gasteiger partial charge is 0.254 e. The molecule has 2 bridgehead atoms. The van der Waals surface area contributed by atoms with Gasteiger partial charge in [0.25, 0.3) is 5.91 Å². The maximum absolute atomic E-state index is 13.7. The van der Waals surface area contributed by atoms with E-state index in [1.807, 2.05) is 30.1 Å². The van der Waals surface area contributed by atoms with Gasteiger partial charge in [-0.2, -0.15) is 0 Å². The van der Waals surface area contributed by atoms with Crippen LogP contribution in [0.2, 0.25) is 5.02 Å². The third-order valence-electron chi connectivity index (χ3n) is 10.2. The highest BCUT2D eigenvalue weighted by Crippen LogP contribution is 2.41. The first-order valence-corrected chi connectivity index (χ1v) is 15.9. The van der Waals surface area contributed by atoms with Crippen molar-refractivity contribution in [3.05, 3.63) is 70.7 Å². The third kappa shape index (κ3) is 4.51. The zero-order valence-electron chi connectivity index (χ0n) is 25.3. The van der Waals surface area contributed by atoms with E-state index in [9.17, 15) is 9.59 Å². The molecule has 3 fully saturated rings. The van der Waals surface area contributed by atoms with Crippen LogP contribution in [-0.2, 0) is 13.6 Å². The van der Waals surface area contributed by atoms with Gasteiger partial charge in [-0.3, -0.25) is 9.59 Å². The minimum Gasteiger partial charge on any atom is -0.494 e. The van der Waals surface area contributed by atoms with Gasteiger partial charge in [0.05, 0.1) is 28.9 Å². The fourth-order valence-corrected chi connectivity index (χ4v) is 7.81. The van der Waals surface area contributed by atoms with Gasteiger partial charge in [0, 0.05) is 48.7 Å².